The van der Waals surface area contributed by atoms with Gasteiger partial charge in [0.25, 0.3) is 0 Å². The van der Waals surface area contributed by atoms with Gasteiger partial charge in [-0.15, -0.1) is 10.2 Å². The highest BCUT2D eigenvalue weighted by Crippen LogP contribution is 2.25. The normalized spacial score (nSPS) is 13.9. The number of aromatic nitrogens is 3. The van der Waals surface area contributed by atoms with Crippen LogP contribution in [-0.2, 0) is 24.2 Å². The van der Waals surface area contributed by atoms with Crippen molar-refractivity contribution in [2.45, 2.75) is 50.4 Å². The van der Waals surface area contributed by atoms with Crippen molar-refractivity contribution in [2.75, 3.05) is 11.6 Å². The fraction of sp³-hybridized carbons (Fsp3) is 0.348. The number of para-hydroxylation sites is 1. The van der Waals surface area contributed by atoms with Crippen LogP contribution in [0.15, 0.2) is 47.6 Å². The second-order valence-electron chi connectivity index (χ2n) is 7.80. The molecule has 168 valence electrons. The third-order valence-corrected chi connectivity index (χ3v) is 6.45. The van der Waals surface area contributed by atoms with Crippen LogP contribution in [0.3, 0.4) is 0 Å². The number of amides is 1. The fourth-order valence-corrected chi connectivity index (χ4v) is 4.41. The van der Waals surface area contributed by atoms with E-state index in [1.165, 1.54) is 52.5 Å². The minimum absolute atomic E-state index is 0.0352. The van der Waals surface area contributed by atoms with Crippen molar-refractivity contribution in [3.8, 4) is 5.75 Å². The van der Waals surface area contributed by atoms with Crippen molar-refractivity contribution in [1.29, 1.82) is 0 Å². The quantitative estimate of drug-likeness (QED) is 0.398. The summed E-state index contributed by atoms with van der Waals surface area (Å²) in [7, 11) is 0. The summed E-state index contributed by atoms with van der Waals surface area (Å²) in [4.78, 5) is 12.5. The number of hydrogen-bond donors (Lipinski definition) is 2. The number of rotatable bonds is 8. The van der Waals surface area contributed by atoms with Gasteiger partial charge in [-0.3, -0.25) is 4.79 Å². The molecule has 0 fully saturated rings. The van der Waals surface area contributed by atoms with E-state index in [4.69, 9.17) is 10.6 Å². The van der Waals surface area contributed by atoms with Crippen molar-refractivity contribution < 1.29 is 13.9 Å². The Kier molecular flexibility index (Phi) is 6.94. The van der Waals surface area contributed by atoms with Gasteiger partial charge in [0.15, 0.2) is 17.4 Å². The van der Waals surface area contributed by atoms with Gasteiger partial charge in [0.2, 0.25) is 11.1 Å². The van der Waals surface area contributed by atoms with Crippen molar-refractivity contribution in [1.82, 2.24) is 20.2 Å². The zero-order valence-electron chi connectivity index (χ0n) is 17.9. The Bertz CT molecular complexity index is 1100. The van der Waals surface area contributed by atoms with Gasteiger partial charge in [-0.1, -0.05) is 42.1 Å². The van der Waals surface area contributed by atoms with Gasteiger partial charge in [-0.25, -0.2) is 9.07 Å². The monoisotopic (exact) mass is 455 g/mol. The summed E-state index contributed by atoms with van der Waals surface area (Å²) in [5.74, 6) is 6.03. The van der Waals surface area contributed by atoms with Crippen LogP contribution in [0.25, 0.3) is 0 Å². The van der Waals surface area contributed by atoms with Crippen LogP contribution >= 0.6 is 11.8 Å². The number of fused-ring (bicyclic) bond motifs is 1. The zero-order valence-corrected chi connectivity index (χ0v) is 18.7. The number of ether oxygens (including phenoxy) is 1. The van der Waals surface area contributed by atoms with E-state index in [0.29, 0.717) is 11.0 Å². The largest absolute Gasteiger partial charge is 0.482 e. The van der Waals surface area contributed by atoms with Crippen molar-refractivity contribution >= 4 is 17.7 Å². The second kappa shape index (κ2) is 10.0. The van der Waals surface area contributed by atoms with E-state index < -0.39 is 5.82 Å². The molecule has 0 spiro atoms. The lowest BCUT2D eigenvalue weighted by atomic mass is 9.89. The molecule has 0 radical (unpaired) electrons. The molecule has 7 nitrogen and oxygen atoms in total. The van der Waals surface area contributed by atoms with E-state index in [1.54, 1.807) is 12.1 Å². The summed E-state index contributed by atoms with van der Waals surface area (Å²) < 4.78 is 20.3. The molecule has 0 unspecified atom stereocenters. The molecule has 0 saturated heterocycles. The predicted molar refractivity (Wildman–Crippen MR) is 121 cm³/mol. The predicted octanol–water partition coefficient (Wildman–Crippen LogP) is 3.56. The molecule has 1 amide bonds. The number of halogens is 1. The Morgan fingerprint density at radius 2 is 2.00 bits per heavy atom. The van der Waals surface area contributed by atoms with Crippen molar-refractivity contribution in [2.24, 2.45) is 0 Å². The first-order valence-electron chi connectivity index (χ1n) is 10.6. The van der Waals surface area contributed by atoms with Crippen LogP contribution < -0.4 is 15.9 Å². The van der Waals surface area contributed by atoms with Gasteiger partial charge >= 0.3 is 0 Å². The van der Waals surface area contributed by atoms with Crippen LogP contribution in [0.1, 0.15) is 48.3 Å². The van der Waals surface area contributed by atoms with Gasteiger partial charge in [-0.2, -0.15) is 0 Å². The van der Waals surface area contributed by atoms with E-state index in [2.05, 4.69) is 33.7 Å². The molecule has 9 heteroatoms. The summed E-state index contributed by atoms with van der Waals surface area (Å²) in [5, 5.41) is 11.4. The summed E-state index contributed by atoms with van der Waals surface area (Å²) in [6.45, 7) is 1.95. The highest BCUT2D eigenvalue weighted by atomic mass is 32.2. The average molecular weight is 456 g/mol. The van der Waals surface area contributed by atoms with E-state index in [1.807, 2.05) is 6.92 Å². The molecule has 4 rings (SSSR count). The van der Waals surface area contributed by atoms with Crippen LogP contribution in [0.5, 0.6) is 5.75 Å². The van der Waals surface area contributed by atoms with E-state index >= 15 is 0 Å². The number of hydrogen-bond acceptors (Lipinski definition) is 6. The van der Waals surface area contributed by atoms with Crippen LogP contribution in [0.4, 0.5) is 4.39 Å². The van der Waals surface area contributed by atoms with E-state index in [0.717, 1.165) is 18.4 Å². The average Bonchev–Trinajstić information content (AvgIpc) is 3.16. The maximum Gasteiger partial charge on any atom is 0.230 e. The number of thioether (sulfide) groups is 1. The molecule has 1 heterocycles. The first-order chi connectivity index (χ1) is 15.5. The molecular formula is C23H26FN5O2S. The number of carbonyl (C=O) groups excluding carboxylic acids is 1. The summed E-state index contributed by atoms with van der Waals surface area (Å²) in [5.41, 5.74) is 3.93. The minimum Gasteiger partial charge on any atom is -0.482 e. The van der Waals surface area contributed by atoms with E-state index in [-0.39, 0.29) is 30.1 Å². The number of nitrogens with one attached hydrogen (secondary N) is 1. The smallest absolute Gasteiger partial charge is 0.230 e. The highest BCUT2D eigenvalue weighted by Gasteiger charge is 2.17. The number of nitrogens with zero attached hydrogens (tertiary/aromatic N) is 3. The summed E-state index contributed by atoms with van der Waals surface area (Å²) in [6.07, 6.45) is 4.72. The van der Waals surface area contributed by atoms with Crippen LogP contribution in [0, 0.1) is 5.82 Å². The molecule has 1 atom stereocenters. The third-order valence-electron chi connectivity index (χ3n) is 5.51. The first-order valence-corrected chi connectivity index (χ1v) is 11.6. The lowest BCUT2D eigenvalue weighted by Crippen LogP contribution is -2.28. The lowest BCUT2D eigenvalue weighted by molar-refractivity contribution is -0.119. The highest BCUT2D eigenvalue weighted by molar-refractivity contribution is 7.99. The van der Waals surface area contributed by atoms with Gasteiger partial charge in [0.1, 0.15) is 6.61 Å². The SMILES string of the molecule is C[C@H](NC(=O)CSc1nnc(COc2ccccc2F)n1N)c1ccc2c(c1)CCCC2. The maximum atomic E-state index is 13.7. The molecule has 0 bridgehead atoms. The molecule has 3 aromatic rings. The minimum atomic E-state index is -0.463. The van der Waals surface area contributed by atoms with Crippen LogP contribution in [0.2, 0.25) is 0 Å². The third kappa shape index (κ3) is 5.21. The number of nitrogens with two attached hydrogens (primary N) is 1. The molecule has 32 heavy (non-hydrogen) atoms. The lowest BCUT2D eigenvalue weighted by Gasteiger charge is -2.20. The fourth-order valence-electron chi connectivity index (χ4n) is 3.73. The summed E-state index contributed by atoms with van der Waals surface area (Å²) in [6, 6.07) is 12.5. The van der Waals surface area contributed by atoms with Gasteiger partial charge in [0.05, 0.1) is 11.8 Å². The van der Waals surface area contributed by atoms with Crippen LogP contribution in [-0.4, -0.2) is 26.5 Å². The summed E-state index contributed by atoms with van der Waals surface area (Å²) >= 11 is 1.18. The Labute approximate surface area is 190 Å². The molecular weight excluding hydrogens is 429 g/mol. The van der Waals surface area contributed by atoms with Gasteiger partial charge in [-0.05, 0) is 61.4 Å². The number of benzene rings is 2. The Morgan fingerprint density at radius 3 is 2.81 bits per heavy atom. The molecule has 1 aromatic heterocycles. The zero-order chi connectivity index (χ0) is 22.5. The Morgan fingerprint density at radius 1 is 1.22 bits per heavy atom. The Balaban J connectivity index is 1.29. The molecule has 0 saturated carbocycles. The second-order valence-corrected chi connectivity index (χ2v) is 8.74. The van der Waals surface area contributed by atoms with E-state index in [9.17, 15) is 9.18 Å². The molecule has 1 aliphatic carbocycles. The molecule has 0 aliphatic heterocycles. The number of aryl methyl sites for hydroxylation is 2. The first kappa shape index (κ1) is 22.1. The number of carbonyl (C=O) groups is 1. The molecule has 2 aromatic carbocycles. The molecule has 3 N–H and O–H groups in total. The van der Waals surface area contributed by atoms with Gasteiger partial charge < -0.3 is 15.9 Å². The molecule has 1 aliphatic rings. The standard InChI is InChI=1S/C23H26FN5O2S/c1-15(17-11-10-16-6-2-3-7-18(16)12-17)26-22(30)14-32-23-28-27-21(29(23)25)13-31-20-9-5-4-8-19(20)24/h4-5,8-12,15H,2-3,6-7,13-14,25H2,1H3,(H,26,30)/t15-/m0/s1. The topological polar surface area (TPSA) is 95.1 Å². The van der Waals surface area contributed by atoms with Gasteiger partial charge in [0, 0.05) is 0 Å². The number of nitrogen functional groups attached to an aromatic ring is 1. The maximum absolute atomic E-state index is 13.7. The Hall–Kier alpha value is -3.07. The van der Waals surface area contributed by atoms with Crippen molar-refractivity contribution in [3.63, 3.8) is 0 Å². The van der Waals surface area contributed by atoms with Crippen molar-refractivity contribution in [3.05, 3.63) is 70.8 Å².